The van der Waals surface area contributed by atoms with E-state index in [1.807, 2.05) is 13.8 Å². The van der Waals surface area contributed by atoms with E-state index in [0.717, 1.165) is 11.8 Å². The summed E-state index contributed by atoms with van der Waals surface area (Å²) in [4.78, 5) is 11.8. The molecular weight excluding hydrogens is 176 g/mol. The molecule has 80 valence electrons. The lowest BCUT2D eigenvalue weighted by Gasteiger charge is -2.24. The van der Waals surface area contributed by atoms with Crippen LogP contribution in [0.25, 0.3) is 0 Å². The van der Waals surface area contributed by atoms with Gasteiger partial charge in [0, 0.05) is 12.6 Å². The van der Waals surface area contributed by atoms with Gasteiger partial charge >= 0.3 is 0 Å². The number of rotatable bonds is 3. The Hall–Kier alpha value is -0.570. The third kappa shape index (κ3) is 1.78. The molecule has 0 saturated heterocycles. The molecule has 0 bridgehead atoms. The molecule has 3 heteroatoms. The van der Waals surface area contributed by atoms with Crippen LogP contribution in [-0.2, 0) is 4.79 Å². The van der Waals surface area contributed by atoms with Crippen LogP contribution >= 0.6 is 0 Å². The van der Waals surface area contributed by atoms with Gasteiger partial charge in [-0.05, 0) is 44.9 Å². The van der Waals surface area contributed by atoms with Crippen molar-refractivity contribution in [2.24, 2.45) is 23.0 Å². The fourth-order valence-corrected chi connectivity index (χ4v) is 2.31. The summed E-state index contributed by atoms with van der Waals surface area (Å²) in [5.74, 6) is 1.95. The number of hydrogen-bond donors (Lipinski definition) is 2. The Morgan fingerprint density at radius 1 is 1.36 bits per heavy atom. The summed E-state index contributed by atoms with van der Waals surface area (Å²) in [6.45, 7) is 4.22. The van der Waals surface area contributed by atoms with Crippen molar-refractivity contribution in [3.8, 4) is 0 Å². The van der Waals surface area contributed by atoms with Gasteiger partial charge in [-0.25, -0.2) is 0 Å². The maximum Gasteiger partial charge on any atom is 0.227 e. The molecule has 14 heavy (non-hydrogen) atoms. The molecule has 0 aromatic carbocycles. The van der Waals surface area contributed by atoms with E-state index in [4.69, 9.17) is 5.73 Å². The minimum absolute atomic E-state index is 0.117. The predicted molar refractivity (Wildman–Crippen MR) is 55.6 cm³/mol. The lowest BCUT2D eigenvalue weighted by Crippen LogP contribution is -2.45. The first-order valence-corrected chi connectivity index (χ1v) is 5.54. The Balaban J connectivity index is 1.82. The minimum Gasteiger partial charge on any atom is -0.353 e. The van der Waals surface area contributed by atoms with Crippen LogP contribution in [0.2, 0.25) is 0 Å². The molecule has 2 atom stereocenters. The summed E-state index contributed by atoms with van der Waals surface area (Å²) in [5.41, 5.74) is 5.15. The average Bonchev–Trinajstić information content (AvgIpc) is 2.74. The normalized spacial score (nSPS) is 35.2. The van der Waals surface area contributed by atoms with E-state index in [1.165, 1.54) is 19.3 Å². The van der Waals surface area contributed by atoms with E-state index in [1.54, 1.807) is 0 Å². The minimum atomic E-state index is -0.410. The highest BCUT2D eigenvalue weighted by Gasteiger charge is 2.46. The van der Waals surface area contributed by atoms with Crippen molar-refractivity contribution in [2.45, 2.75) is 39.2 Å². The average molecular weight is 196 g/mol. The van der Waals surface area contributed by atoms with Crippen LogP contribution in [0.3, 0.4) is 0 Å². The zero-order chi connectivity index (χ0) is 10.3. The molecule has 3 nitrogen and oxygen atoms in total. The Labute approximate surface area is 85.4 Å². The molecule has 0 aliphatic heterocycles. The lowest BCUT2D eigenvalue weighted by molar-refractivity contribution is -0.129. The zero-order valence-electron chi connectivity index (χ0n) is 9.05. The Morgan fingerprint density at radius 2 is 1.93 bits per heavy atom. The molecule has 0 aromatic heterocycles. The topological polar surface area (TPSA) is 55.1 Å². The molecule has 0 heterocycles. The predicted octanol–water partition coefficient (Wildman–Crippen LogP) is 0.886. The quantitative estimate of drug-likeness (QED) is 0.704. The maximum atomic E-state index is 11.8. The van der Waals surface area contributed by atoms with E-state index < -0.39 is 5.41 Å². The van der Waals surface area contributed by atoms with Crippen molar-refractivity contribution in [2.75, 3.05) is 6.54 Å². The first-order valence-electron chi connectivity index (χ1n) is 5.54. The third-order valence-electron chi connectivity index (χ3n) is 3.70. The molecule has 2 rings (SSSR count). The van der Waals surface area contributed by atoms with E-state index in [-0.39, 0.29) is 5.91 Å². The number of carbonyl (C=O) groups excluding carboxylic acids is 1. The maximum absolute atomic E-state index is 11.8. The van der Waals surface area contributed by atoms with Crippen molar-refractivity contribution in [3.63, 3.8) is 0 Å². The van der Waals surface area contributed by atoms with Crippen molar-refractivity contribution >= 4 is 5.91 Å². The first kappa shape index (κ1) is 9.97. The van der Waals surface area contributed by atoms with Gasteiger partial charge in [0.15, 0.2) is 0 Å². The van der Waals surface area contributed by atoms with Gasteiger partial charge < -0.3 is 11.1 Å². The highest BCUT2D eigenvalue weighted by atomic mass is 16.2. The number of carbonyl (C=O) groups is 1. The number of amides is 1. The number of nitrogens with two attached hydrogens (primary N) is 1. The van der Waals surface area contributed by atoms with Gasteiger partial charge in [0.05, 0.1) is 5.41 Å². The SMILES string of the molecule is CC(C)(CN)C(=O)NC1CC2CC2C1. The highest BCUT2D eigenvalue weighted by Crippen LogP contribution is 2.51. The Kier molecular flexibility index (Phi) is 2.30. The van der Waals surface area contributed by atoms with Gasteiger partial charge in [-0.3, -0.25) is 4.79 Å². The standard InChI is InChI=1S/C11H20N2O/c1-11(2,6-12)10(14)13-9-4-7-3-8(7)5-9/h7-9H,3-6,12H2,1-2H3,(H,13,14). The fraction of sp³-hybridized carbons (Fsp3) is 0.909. The molecule has 2 saturated carbocycles. The number of hydrogen-bond acceptors (Lipinski definition) is 2. The molecule has 1 amide bonds. The van der Waals surface area contributed by atoms with E-state index in [9.17, 15) is 4.79 Å². The van der Waals surface area contributed by atoms with Crippen LogP contribution in [0.4, 0.5) is 0 Å². The van der Waals surface area contributed by atoms with Gasteiger partial charge in [0.25, 0.3) is 0 Å². The highest BCUT2D eigenvalue weighted by molar-refractivity contribution is 5.82. The smallest absolute Gasteiger partial charge is 0.227 e. The Morgan fingerprint density at radius 3 is 2.43 bits per heavy atom. The second-order valence-electron chi connectivity index (χ2n) is 5.49. The van der Waals surface area contributed by atoms with Crippen LogP contribution in [0.5, 0.6) is 0 Å². The molecular formula is C11H20N2O. The van der Waals surface area contributed by atoms with Crippen molar-refractivity contribution in [1.29, 1.82) is 0 Å². The summed E-state index contributed by atoms with van der Waals surface area (Å²) < 4.78 is 0. The summed E-state index contributed by atoms with van der Waals surface area (Å²) in [6, 6.07) is 0.428. The second kappa shape index (κ2) is 3.23. The van der Waals surface area contributed by atoms with Gasteiger partial charge in [0.2, 0.25) is 5.91 Å². The zero-order valence-corrected chi connectivity index (χ0v) is 9.05. The summed E-state index contributed by atoms with van der Waals surface area (Å²) in [7, 11) is 0. The molecule has 0 aromatic rings. The van der Waals surface area contributed by atoms with E-state index >= 15 is 0 Å². The van der Waals surface area contributed by atoms with Gasteiger partial charge in [-0.1, -0.05) is 0 Å². The summed E-state index contributed by atoms with van der Waals surface area (Å²) in [6.07, 6.45) is 3.78. The van der Waals surface area contributed by atoms with Gasteiger partial charge in [0.1, 0.15) is 0 Å². The fourth-order valence-electron chi connectivity index (χ4n) is 2.31. The second-order valence-corrected chi connectivity index (χ2v) is 5.49. The number of fused-ring (bicyclic) bond motifs is 1. The summed E-state index contributed by atoms with van der Waals surface area (Å²) >= 11 is 0. The van der Waals surface area contributed by atoms with Crippen molar-refractivity contribution < 1.29 is 4.79 Å². The van der Waals surface area contributed by atoms with E-state index in [0.29, 0.717) is 12.6 Å². The monoisotopic (exact) mass is 196 g/mol. The molecule has 0 radical (unpaired) electrons. The van der Waals surface area contributed by atoms with Crippen LogP contribution in [0, 0.1) is 17.3 Å². The van der Waals surface area contributed by atoms with Crippen molar-refractivity contribution in [1.82, 2.24) is 5.32 Å². The van der Waals surface area contributed by atoms with Gasteiger partial charge in [-0.2, -0.15) is 0 Å². The molecule has 0 spiro atoms. The van der Waals surface area contributed by atoms with Gasteiger partial charge in [-0.15, -0.1) is 0 Å². The van der Waals surface area contributed by atoms with Crippen LogP contribution < -0.4 is 11.1 Å². The Bertz CT molecular complexity index is 240. The molecule has 2 aliphatic carbocycles. The molecule has 3 N–H and O–H groups in total. The third-order valence-corrected chi connectivity index (χ3v) is 3.70. The molecule has 2 unspecified atom stereocenters. The van der Waals surface area contributed by atoms with Crippen LogP contribution in [0.1, 0.15) is 33.1 Å². The first-order chi connectivity index (χ1) is 6.53. The van der Waals surface area contributed by atoms with Crippen LogP contribution in [-0.4, -0.2) is 18.5 Å². The van der Waals surface area contributed by atoms with Crippen molar-refractivity contribution in [3.05, 3.63) is 0 Å². The van der Waals surface area contributed by atoms with E-state index in [2.05, 4.69) is 5.32 Å². The van der Waals surface area contributed by atoms with Crippen LogP contribution in [0.15, 0.2) is 0 Å². The largest absolute Gasteiger partial charge is 0.353 e. The lowest BCUT2D eigenvalue weighted by atomic mass is 9.92. The molecule has 2 aliphatic rings. The number of nitrogens with one attached hydrogen (secondary N) is 1. The molecule has 2 fully saturated rings. The summed E-state index contributed by atoms with van der Waals surface area (Å²) in [5, 5.41) is 3.11.